The average Bonchev–Trinajstić information content (AvgIpc) is 2.65. The number of nitrogens with zero attached hydrogens (tertiary/aromatic N) is 1. The molecule has 0 spiro atoms. The van der Waals surface area contributed by atoms with Crippen LogP contribution in [0.5, 0.6) is 11.5 Å². The van der Waals surface area contributed by atoms with E-state index in [0.29, 0.717) is 44.3 Å². The second kappa shape index (κ2) is 10.4. The highest BCUT2D eigenvalue weighted by Gasteiger charge is 2.43. The molecule has 1 amide bonds. The Morgan fingerprint density at radius 2 is 1.78 bits per heavy atom. The molecular weight excluding hydrogens is 363 g/mol. The summed E-state index contributed by atoms with van der Waals surface area (Å²) in [4.78, 5) is 13.2. The minimum Gasteiger partial charge on any atom is -0.494 e. The summed E-state index contributed by atoms with van der Waals surface area (Å²) in [5.41, 5.74) is 0. The number of rotatable bonds is 9. The topological polar surface area (TPSA) is 62.8 Å². The zero-order valence-corrected chi connectivity index (χ0v) is 15.3. The molecule has 2 rings (SSSR count). The maximum Gasteiger partial charge on any atom is 0.405 e. The Balaban J connectivity index is 1.78. The summed E-state index contributed by atoms with van der Waals surface area (Å²) in [5.74, 6) is 0.548. The number of ether oxygens (including phenoxy) is 2. The fourth-order valence-electron chi connectivity index (χ4n) is 2.71. The molecule has 1 fully saturated rings. The molecule has 1 unspecified atom stereocenters. The molecule has 9 heteroatoms. The summed E-state index contributed by atoms with van der Waals surface area (Å²) in [7, 11) is 0. The van der Waals surface area contributed by atoms with Crippen molar-refractivity contribution >= 4 is 5.91 Å². The highest BCUT2D eigenvalue weighted by Crippen LogP contribution is 2.24. The summed E-state index contributed by atoms with van der Waals surface area (Å²) in [5, 5.41) is 5.34. The van der Waals surface area contributed by atoms with Crippen molar-refractivity contribution in [3.63, 3.8) is 0 Å². The van der Waals surface area contributed by atoms with Gasteiger partial charge < -0.3 is 20.1 Å². The number of nitrogens with one attached hydrogen (secondary N) is 2. The van der Waals surface area contributed by atoms with E-state index in [1.54, 1.807) is 24.3 Å². The summed E-state index contributed by atoms with van der Waals surface area (Å²) in [6, 6.07) is 5.04. The van der Waals surface area contributed by atoms with Gasteiger partial charge in [0.05, 0.1) is 6.61 Å². The van der Waals surface area contributed by atoms with Crippen LogP contribution in [-0.4, -0.2) is 69.0 Å². The highest BCUT2D eigenvalue weighted by molar-refractivity contribution is 5.77. The lowest BCUT2D eigenvalue weighted by molar-refractivity contribution is -0.184. The van der Waals surface area contributed by atoms with Gasteiger partial charge >= 0.3 is 6.18 Å². The van der Waals surface area contributed by atoms with E-state index < -0.39 is 24.7 Å². The van der Waals surface area contributed by atoms with E-state index in [1.807, 2.05) is 6.92 Å². The van der Waals surface area contributed by atoms with Crippen molar-refractivity contribution in [2.24, 2.45) is 0 Å². The second-order valence-electron chi connectivity index (χ2n) is 6.26. The van der Waals surface area contributed by atoms with Crippen molar-refractivity contribution in [1.29, 1.82) is 0 Å². The molecule has 1 aliphatic heterocycles. The van der Waals surface area contributed by atoms with Gasteiger partial charge in [-0.1, -0.05) is 6.92 Å². The minimum absolute atomic E-state index is 0.295. The summed E-state index contributed by atoms with van der Waals surface area (Å²) in [6.45, 7) is 3.36. The van der Waals surface area contributed by atoms with E-state index in [2.05, 4.69) is 10.6 Å². The van der Waals surface area contributed by atoms with Gasteiger partial charge in [0.15, 0.2) is 6.61 Å². The Kier molecular flexibility index (Phi) is 8.18. The van der Waals surface area contributed by atoms with Crippen LogP contribution >= 0.6 is 0 Å². The Morgan fingerprint density at radius 1 is 1.19 bits per heavy atom. The van der Waals surface area contributed by atoms with Gasteiger partial charge in [0, 0.05) is 32.7 Å². The number of amides is 1. The molecule has 1 aromatic carbocycles. The van der Waals surface area contributed by atoms with Gasteiger partial charge in [-0.25, -0.2) is 0 Å². The Bertz CT molecular complexity index is 575. The summed E-state index contributed by atoms with van der Waals surface area (Å²) in [6.07, 6.45) is -3.51. The molecule has 0 aliphatic carbocycles. The van der Waals surface area contributed by atoms with Crippen molar-refractivity contribution in [2.75, 3.05) is 45.9 Å². The van der Waals surface area contributed by atoms with Crippen LogP contribution in [0, 0.1) is 0 Å². The first-order valence-electron chi connectivity index (χ1n) is 9.04. The molecule has 1 atom stereocenters. The van der Waals surface area contributed by atoms with E-state index in [9.17, 15) is 18.0 Å². The lowest BCUT2D eigenvalue weighted by Gasteiger charge is -2.35. The number of carbonyl (C=O) groups is 1. The fourth-order valence-corrected chi connectivity index (χ4v) is 2.71. The molecule has 2 N–H and O–H groups in total. The van der Waals surface area contributed by atoms with E-state index in [-0.39, 0.29) is 6.61 Å². The molecule has 27 heavy (non-hydrogen) atoms. The first-order chi connectivity index (χ1) is 12.9. The van der Waals surface area contributed by atoms with Crippen LogP contribution in [-0.2, 0) is 4.79 Å². The van der Waals surface area contributed by atoms with E-state index in [0.717, 1.165) is 6.42 Å². The number of halogens is 3. The Morgan fingerprint density at radius 3 is 2.33 bits per heavy atom. The van der Waals surface area contributed by atoms with Crippen LogP contribution in [0.1, 0.15) is 13.3 Å². The molecule has 0 aromatic heterocycles. The van der Waals surface area contributed by atoms with Gasteiger partial charge in [-0.3, -0.25) is 9.69 Å². The molecule has 0 saturated carbocycles. The zero-order valence-electron chi connectivity index (χ0n) is 15.3. The summed E-state index contributed by atoms with van der Waals surface area (Å²) < 4.78 is 50.6. The predicted octanol–water partition coefficient (Wildman–Crippen LogP) is 1.81. The second-order valence-corrected chi connectivity index (χ2v) is 6.26. The van der Waals surface area contributed by atoms with Crippen molar-refractivity contribution < 1.29 is 27.4 Å². The Hall–Kier alpha value is -2.00. The molecule has 1 aromatic rings. The molecule has 1 heterocycles. The number of hydrogen-bond acceptors (Lipinski definition) is 5. The van der Waals surface area contributed by atoms with E-state index in [1.165, 1.54) is 4.90 Å². The summed E-state index contributed by atoms with van der Waals surface area (Å²) >= 11 is 0. The minimum atomic E-state index is -4.40. The van der Waals surface area contributed by atoms with Gasteiger partial charge in [0.25, 0.3) is 5.91 Å². The molecule has 1 saturated heterocycles. The Labute approximate surface area is 157 Å². The number of benzene rings is 1. The molecular formula is C18H26F3N3O3. The highest BCUT2D eigenvalue weighted by atomic mass is 19.4. The van der Waals surface area contributed by atoms with Gasteiger partial charge in [-0.05, 0) is 30.7 Å². The monoisotopic (exact) mass is 389 g/mol. The van der Waals surface area contributed by atoms with Gasteiger partial charge in [0.2, 0.25) is 0 Å². The van der Waals surface area contributed by atoms with Crippen LogP contribution in [0.15, 0.2) is 24.3 Å². The van der Waals surface area contributed by atoms with E-state index >= 15 is 0 Å². The third-order valence-corrected chi connectivity index (χ3v) is 4.13. The lowest BCUT2D eigenvalue weighted by Crippen LogP contribution is -2.57. The third-order valence-electron chi connectivity index (χ3n) is 4.13. The number of carbonyl (C=O) groups excluding carboxylic acids is 1. The quantitative estimate of drug-likeness (QED) is 0.675. The SMILES string of the molecule is CCCOc1ccc(OCC(=O)NCC(N2CCNCC2)C(F)(F)F)cc1. The average molecular weight is 389 g/mol. The smallest absolute Gasteiger partial charge is 0.405 e. The maximum absolute atomic E-state index is 13.3. The van der Waals surface area contributed by atoms with Crippen LogP contribution < -0.4 is 20.1 Å². The van der Waals surface area contributed by atoms with E-state index in [4.69, 9.17) is 9.47 Å². The van der Waals surface area contributed by atoms with Crippen molar-refractivity contribution in [1.82, 2.24) is 15.5 Å². The van der Waals surface area contributed by atoms with Crippen LogP contribution in [0.3, 0.4) is 0 Å². The molecule has 0 radical (unpaired) electrons. The van der Waals surface area contributed by atoms with Crippen molar-refractivity contribution in [3.05, 3.63) is 24.3 Å². The first kappa shape index (κ1) is 21.3. The number of piperazine rings is 1. The maximum atomic E-state index is 13.3. The molecule has 0 bridgehead atoms. The standard InChI is InChI=1S/C18H26F3N3O3/c1-2-11-26-14-3-5-15(6-4-14)27-13-17(25)23-12-16(18(19,20)21)24-9-7-22-8-10-24/h3-6,16,22H,2,7-13H2,1H3,(H,23,25). The van der Waals surface area contributed by atoms with Crippen LogP contribution in [0.4, 0.5) is 13.2 Å². The third kappa shape index (κ3) is 7.26. The first-order valence-corrected chi connectivity index (χ1v) is 9.04. The predicted molar refractivity (Wildman–Crippen MR) is 95.0 cm³/mol. The molecule has 6 nitrogen and oxygen atoms in total. The fraction of sp³-hybridized carbons (Fsp3) is 0.611. The van der Waals surface area contributed by atoms with Gasteiger partial charge in [-0.15, -0.1) is 0 Å². The lowest BCUT2D eigenvalue weighted by atomic mass is 10.2. The largest absolute Gasteiger partial charge is 0.494 e. The number of alkyl halides is 3. The van der Waals surface area contributed by atoms with Crippen molar-refractivity contribution in [3.8, 4) is 11.5 Å². The van der Waals surface area contributed by atoms with Crippen LogP contribution in [0.2, 0.25) is 0 Å². The van der Waals surface area contributed by atoms with Crippen LogP contribution in [0.25, 0.3) is 0 Å². The normalized spacial score (nSPS) is 16.6. The molecule has 1 aliphatic rings. The van der Waals surface area contributed by atoms with Gasteiger partial charge in [-0.2, -0.15) is 13.2 Å². The zero-order chi connectivity index (χ0) is 19.7. The number of hydrogen-bond donors (Lipinski definition) is 2. The van der Waals surface area contributed by atoms with Gasteiger partial charge in [0.1, 0.15) is 17.5 Å². The van der Waals surface area contributed by atoms with Crippen molar-refractivity contribution in [2.45, 2.75) is 25.6 Å². The molecule has 152 valence electrons.